The van der Waals surface area contributed by atoms with Crippen molar-refractivity contribution in [1.29, 1.82) is 0 Å². The van der Waals surface area contributed by atoms with Crippen LogP contribution in [0.3, 0.4) is 0 Å². The van der Waals surface area contributed by atoms with Crippen molar-refractivity contribution in [2.75, 3.05) is 0 Å². The summed E-state index contributed by atoms with van der Waals surface area (Å²) >= 11 is 0. The van der Waals surface area contributed by atoms with E-state index in [1.807, 2.05) is 12.3 Å². The molecule has 3 aromatic rings. The molecule has 1 heterocycles. The molecule has 1 radical (unpaired) electrons. The summed E-state index contributed by atoms with van der Waals surface area (Å²) in [6, 6.07) is 7.32. The van der Waals surface area contributed by atoms with Gasteiger partial charge in [-0.05, 0) is 54.3 Å². The van der Waals surface area contributed by atoms with Gasteiger partial charge < -0.3 is 9.72 Å². The first-order chi connectivity index (χ1) is 14.6. The molecule has 1 saturated carbocycles. The van der Waals surface area contributed by atoms with Gasteiger partial charge in [0, 0.05) is 17.1 Å². The fourth-order valence-corrected chi connectivity index (χ4v) is 4.23. The molecule has 165 valence electrons. The zero-order valence-corrected chi connectivity index (χ0v) is 16.5. The highest BCUT2D eigenvalue weighted by atomic mass is 19.4. The molecule has 0 unspecified atom stereocenters. The summed E-state index contributed by atoms with van der Waals surface area (Å²) < 4.78 is 85.5. The maximum atomic E-state index is 13.4. The minimum absolute atomic E-state index is 0.0841. The molecule has 0 aliphatic heterocycles. The Kier molecular flexibility index (Phi) is 5.66. The number of benzene rings is 2. The maximum Gasteiger partial charge on any atom is 0.420 e. The number of ether oxygens (including phenoxy) is 1. The second-order valence-corrected chi connectivity index (χ2v) is 7.94. The molecule has 0 bridgehead atoms. The van der Waals surface area contributed by atoms with Crippen LogP contribution in [0.5, 0.6) is 11.5 Å². The molecule has 0 saturated heterocycles. The molecule has 1 aromatic heterocycles. The van der Waals surface area contributed by atoms with Gasteiger partial charge in [0.25, 0.3) is 0 Å². The lowest BCUT2D eigenvalue weighted by molar-refractivity contribution is -0.145. The van der Waals surface area contributed by atoms with Crippen molar-refractivity contribution in [3.8, 4) is 11.5 Å². The van der Waals surface area contributed by atoms with E-state index in [9.17, 15) is 26.3 Å². The number of H-pyrrole nitrogens is 1. The summed E-state index contributed by atoms with van der Waals surface area (Å²) in [7, 11) is 0. The molecular formula is C23H20F6NO. The molecule has 2 aromatic carbocycles. The van der Waals surface area contributed by atoms with E-state index in [4.69, 9.17) is 4.74 Å². The standard InChI is InChI=1S/C23H20F6NO/c24-22(25,26)18-7-4-8-19(23(27,28)29)21(18)31-16-9-10-20-17(12-16)15(13-30-20)11-14-5-2-1-3-6-14/h7-10,12-14,30H,1-3,5-6,11H2. The van der Waals surface area contributed by atoms with Crippen molar-refractivity contribution in [1.82, 2.24) is 4.98 Å². The quantitative estimate of drug-likeness (QED) is 0.410. The number of aromatic nitrogens is 1. The number of alkyl halides is 6. The van der Waals surface area contributed by atoms with Gasteiger partial charge in [0.15, 0.2) is 5.75 Å². The largest absolute Gasteiger partial charge is 0.456 e. The molecule has 1 fully saturated rings. The Labute approximate surface area is 175 Å². The highest BCUT2D eigenvalue weighted by Gasteiger charge is 2.42. The van der Waals surface area contributed by atoms with Gasteiger partial charge in [-0.15, -0.1) is 0 Å². The van der Waals surface area contributed by atoms with Crippen molar-refractivity contribution in [3.63, 3.8) is 0 Å². The van der Waals surface area contributed by atoms with Crippen LogP contribution in [-0.2, 0) is 18.8 Å². The third-order valence-corrected chi connectivity index (χ3v) is 5.75. The molecule has 0 spiro atoms. The van der Waals surface area contributed by atoms with Crippen LogP contribution in [0, 0.1) is 12.0 Å². The minimum atomic E-state index is -5.02. The van der Waals surface area contributed by atoms with E-state index in [2.05, 4.69) is 4.98 Å². The molecule has 0 atom stereocenters. The number of aromatic amines is 1. The predicted octanol–water partition coefficient (Wildman–Crippen LogP) is 7.92. The van der Waals surface area contributed by atoms with Crippen LogP contribution in [0.15, 0.2) is 36.5 Å². The topological polar surface area (TPSA) is 25.0 Å². The van der Waals surface area contributed by atoms with Crippen molar-refractivity contribution < 1.29 is 31.1 Å². The lowest BCUT2D eigenvalue weighted by atomic mass is 9.85. The summed E-state index contributed by atoms with van der Waals surface area (Å²) in [5.41, 5.74) is -1.29. The van der Waals surface area contributed by atoms with Gasteiger partial charge in [0.2, 0.25) is 0 Å². The van der Waals surface area contributed by atoms with Crippen molar-refractivity contribution >= 4 is 10.9 Å². The van der Waals surface area contributed by atoms with E-state index in [0.717, 1.165) is 35.7 Å². The molecule has 1 aliphatic carbocycles. The first kappa shape index (κ1) is 21.6. The SMILES string of the molecule is FC(F)(F)c1c[c]cc(C(F)(F)F)c1Oc1ccc2[nH]cc(CC3CCCCC3)c2c1. The number of hydrogen-bond donors (Lipinski definition) is 1. The smallest absolute Gasteiger partial charge is 0.420 e. The summed E-state index contributed by atoms with van der Waals surface area (Å²) in [5, 5.41) is 0.743. The van der Waals surface area contributed by atoms with Gasteiger partial charge in [0.05, 0.1) is 11.1 Å². The minimum Gasteiger partial charge on any atom is -0.456 e. The zero-order chi connectivity index (χ0) is 22.2. The van der Waals surface area contributed by atoms with Gasteiger partial charge in [-0.25, -0.2) is 0 Å². The second-order valence-electron chi connectivity index (χ2n) is 7.94. The van der Waals surface area contributed by atoms with E-state index in [-0.39, 0.29) is 5.75 Å². The Morgan fingerprint density at radius 1 is 0.935 bits per heavy atom. The molecule has 1 aliphatic rings. The molecule has 4 rings (SSSR count). The van der Waals surface area contributed by atoms with Crippen LogP contribution in [0.2, 0.25) is 0 Å². The Balaban J connectivity index is 1.71. The maximum absolute atomic E-state index is 13.4. The number of fused-ring (bicyclic) bond motifs is 1. The number of rotatable bonds is 4. The summed E-state index contributed by atoms with van der Waals surface area (Å²) in [6.07, 6.45) is -1.57. The van der Waals surface area contributed by atoms with Gasteiger partial charge in [0.1, 0.15) is 5.75 Å². The zero-order valence-electron chi connectivity index (χ0n) is 16.5. The normalized spacial score (nSPS) is 16.1. The number of halogens is 6. The van der Waals surface area contributed by atoms with E-state index >= 15 is 0 Å². The second kappa shape index (κ2) is 8.13. The average Bonchev–Trinajstić information content (AvgIpc) is 3.09. The Morgan fingerprint density at radius 2 is 1.58 bits per heavy atom. The molecule has 0 amide bonds. The first-order valence-electron chi connectivity index (χ1n) is 10.1. The lowest BCUT2D eigenvalue weighted by Crippen LogP contribution is -2.13. The highest BCUT2D eigenvalue weighted by molar-refractivity contribution is 5.84. The molecule has 1 N–H and O–H groups in total. The van der Waals surface area contributed by atoms with E-state index in [0.29, 0.717) is 18.1 Å². The van der Waals surface area contributed by atoms with Crippen LogP contribution < -0.4 is 4.74 Å². The highest BCUT2D eigenvalue weighted by Crippen LogP contribution is 2.46. The average molecular weight is 440 g/mol. The summed E-state index contributed by atoms with van der Waals surface area (Å²) in [5.74, 6) is -0.822. The predicted molar refractivity (Wildman–Crippen MR) is 104 cm³/mol. The van der Waals surface area contributed by atoms with Crippen LogP contribution >= 0.6 is 0 Å². The van der Waals surface area contributed by atoms with Crippen LogP contribution in [0.25, 0.3) is 10.9 Å². The Morgan fingerprint density at radius 3 is 2.19 bits per heavy atom. The monoisotopic (exact) mass is 440 g/mol. The third kappa shape index (κ3) is 4.67. The molecule has 31 heavy (non-hydrogen) atoms. The van der Waals surface area contributed by atoms with E-state index in [1.54, 1.807) is 6.07 Å². The van der Waals surface area contributed by atoms with Crippen molar-refractivity contribution in [2.24, 2.45) is 5.92 Å². The van der Waals surface area contributed by atoms with Gasteiger partial charge >= 0.3 is 12.4 Å². The summed E-state index contributed by atoms with van der Waals surface area (Å²) in [4.78, 5) is 3.12. The molecule has 2 nitrogen and oxygen atoms in total. The molecular weight excluding hydrogens is 420 g/mol. The van der Waals surface area contributed by atoms with Crippen LogP contribution in [0.1, 0.15) is 48.8 Å². The lowest BCUT2D eigenvalue weighted by Gasteiger charge is -2.21. The van der Waals surface area contributed by atoms with E-state index < -0.39 is 29.2 Å². The summed E-state index contributed by atoms with van der Waals surface area (Å²) in [6.45, 7) is 0. The number of nitrogens with one attached hydrogen (secondary N) is 1. The van der Waals surface area contributed by atoms with Crippen LogP contribution in [0.4, 0.5) is 26.3 Å². The Bertz CT molecular complexity index is 1030. The van der Waals surface area contributed by atoms with Crippen molar-refractivity contribution in [2.45, 2.75) is 50.9 Å². The van der Waals surface area contributed by atoms with E-state index in [1.165, 1.54) is 31.4 Å². The Hall–Kier alpha value is -2.64. The number of hydrogen-bond acceptors (Lipinski definition) is 1. The third-order valence-electron chi connectivity index (χ3n) is 5.75. The molecule has 8 heteroatoms. The first-order valence-corrected chi connectivity index (χ1v) is 10.1. The van der Waals surface area contributed by atoms with Crippen molar-refractivity contribution in [3.05, 3.63) is 59.3 Å². The van der Waals surface area contributed by atoms with Gasteiger partial charge in [-0.3, -0.25) is 0 Å². The van der Waals surface area contributed by atoms with Crippen LogP contribution in [-0.4, -0.2) is 4.98 Å². The fraction of sp³-hybridized carbons (Fsp3) is 0.391. The van der Waals surface area contributed by atoms with Gasteiger partial charge in [-0.2, -0.15) is 26.3 Å². The fourth-order valence-electron chi connectivity index (χ4n) is 4.23. The van der Waals surface area contributed by atoms with Gasteiger partial charge in [-0.1, -0.05) is 32.1 Å².